The number of rotatable bonds is 7. The van der Waals surface area contributed by atoms with Crippen LogP contribution in [0, 0.1) is 12.8 Å². The molecule has 1 aromatic rings. The molecule has 0 aliphatic heterocycles. The predicted octanol–water partition coefficient (Wildman–Crippen LogP) is 3.84. The van der Waals surface area contributed by atoms with Crippen LogP contribution in [-0.2, 0) is 12.3 Å². The number of hydrogen-bond acceptors (Lipinski definition) is 4. The van der Waals surface area contributed by atoms with Crippen molar-refractivity contribution in [2.45, 2.75) is 52.2 Å². The van der Waals surface area contributed by atoms with Gasteiger partial charge in [0.1, 0.15) is 5.01 Å². The highest BCUT2D eigenvalue weighted by molar-refractivity contribution is 7.99. The molecule has 2 nitrogen and oxygen atoms in total. The van der Waals surface area contributed by atoms with Crippen LogP contribution in [0.2, 0.25) is 0 Å². The molecule has 0 saturated heterocycles. The smallest absolute Gasteiger partial charge is 0.103 e. The van der Waals surface area contributed by atoms with Crippen molar-refractivity contribution in [2.24, 2.45) is 5.92 Å². The van der Waals surface area contributed by atoms with Crippen molar-refractivity contribution >= 4 is 23.1 Å². The normalized spacial score (nSPS) is 11.7. The first-order valence-corrected chi connectivity index (χ1v) is 8.13. The van der Waals surface area contributed by atoms with Crippen molar-refractivity contribution in [3.63, 3.8) is 0 Å². The third-order valence-corrected chi connectivity index (χ3v) is 4.76. The monoisotopic (exact) mass is 272 g/mol. The lowest BCUT2D eigenvalue weighted by Crippen LogP contribution is -2.18. The Morgan fingerprint density at radius 3 is 2.59 bits per heavy atom. The van der Waals surface area contributed by atoms with E-state index in [1.54, 1.807) is 0 Å². The number of nitrogens with one attached hydrogen (secondary N) is 1. The zero-order valence-electron chi connectivity index (χ0n) is 11.5. The summed E-state index contributed by atoms with van der Waals surface area (Å²) in [4.78, 5) is 6.03. The van der Waals surface area contributed by atoms with Gasteiger partial charge < -0.3 is 5.32 Å². The Labute approximate surface area is 114 Å². The Morgan fingerprint density at radius 1 is 1.29 bits per heavy atom. The fourth-order valence-electron chi connectivity index (χ4n) is 1.43. The lowest BCUT2D eigenvalue weighted by atomic mass is 10.2. The number of aromatic nitrogens is 1. The molecule has 0 aliphatic rings. The van der Waals surface area contributed by atoms with Crippen molar-refractivity contribution in [3.8, 4) is 0 Å². The Hall–Kier alpha value is -0.0600. The quantitative estimate of drug-likeness (QED) is 0.816. The minimum absolute atomic E-state index is 0.682. The molecule has 4 heteroatoms. The Bertz CT molecular complexity index is 332. The van der Waals surface area contributed by atoms with Gasteiger partial charge in [0.25, 0.3) is 0 Å². The Balaban J connectivity index is 2.44. The number of aryl methyl sites for hydroxylation is 1. The second kappa shape index (κ2) is 7.39. The molecule has 0 aliphatic carbocycles. The molecule has 1 N–H and O–H groups in total. The summed E-state index contributed by atoms with van der Waals surface area (Å²) in [6.07, 6.45) is 0. The highest BCUT2D eigenvalue weighted by Crippen LogP contribution is 2.24. The predicted molar refractivity (Wildman–Crippen MR) is 79.8 cm³/mol. The molecule has 0 radical (unpaired) electrons. The third-order valence-electron chi connectivity index (χ3n) is 2.32. The number of nitrogens with zero attached hydrogens (tertiary/aromatic N) is 1. The molecular formula is C13H24N2S2. The summed E-state index contributed by atoms with van der Waals surface area (Å²) in [5.74, 6) is 1.76. The van der Waals surface area contributed by atoms with Crippen LogP contribution in [0.15, 0.2) is 0 Å². The van der Waals surface area contributed by atoms with E-state index in [0.717, 1.165) is 18.8 Å². The van der Waals surface area contributed by atoms with Gasteiger partial charge in [0, 0.05) is 17.2 Å². The molecule has 0 aromatic carbocycles. The van der Waals surface area contributed by atoms with Crippen LogP contribution >= 0.6 is 23.1 Å². The molecule has 0 amide bonds. The summed E-state index contributed by atoms with van der Waals surface area (Å²) in [5.41, 5.74) is 1.20. The van der Waals surface area contributed by atoms with Crippen LogP contribution in [0.1, 0.15) is 43.3 Å². The topological polar surface area (TPSA) is 24.9 Å². The van der Waals surface area contributed by atoms with Gasteiger partial charge in [-0.25, -0.2) is 4.98 Å². The van der Waals surface area contributed by atoms with Crippen LogP contribution in [0.5, 0.6) is 0 Å². The van der Waals surface area contributed by atoms with Crippen LogP contribution in [0.4, 0.5) is 0 Å². The minimum atomic E-state index is 0.682. The van der Waals surface area contributed by atoms with Crippen LogP contribution in [0.3, 0.4) is 0 Å². The highest BCUT2D eigenvalue weighted by atomic mass is 32.2. The van der Waals surface area contributed by atoms with Crippen LogP contribution in [0.25, 0.3) is 0 Å². The zero-order chi connectivity index (χ0) is 12.8. The van der Waals surface area contributed by atoms with Crippen molar-refractivity contribution in [1.82, 2.24) is 10.3 Å². The summed E-state index contributed by atoms with van der Waals surface area (Å²) >= 11 is 3.82. The Morgan fingerprint density at radius 2 is 2.00 bits per heavy atom. The lowest BCUT2D eigenvalue weighted by molar-refractivity contribution is 0.554. The second-order valence-electron chi connectivity index (χ2n) is 5.00. The van der Waals surface area contributed by atoms with E-state index >= 15 is 0 Å². The molecule has 0 unspecified atom stereocenters. The van der Waals surface area contributed by atoms with Crippen molar-refractivity contribution in [2.75, 3.05) is 6.54 Å². The molecule has 0 saturated carbocycles. The van der Waals surface area contributed by atoms with Crippen molar-refractivity contribution in [3.05, 3.63) is 15.6 Å². The van der Waals surface area contributed by atoms with E-state index in [2.05, 4.69) is 44.9 Å². The van der Waals surface area contributed by atoms with E-state index < -0.39 is 0 Å². The first kappa shape index (κ1) is 15.0. The number of thiazole rings is 1. The fraction of sp³-hybridized carbons (Fsp3) is 0.769. The molecule has 17 heavy (non-hydrogen) atoms. The van der Waals surface area contributed by atoms with Crippen LogP contribution in [-0.4, -0.2) is 16.8 Å². The summed E-state index contributed by atoms with van der Waals surface area (Å²) in [7, 11) is 0. The molecule has 0 spiro atoms. The third kappa shape index (κ3) is 5.89. The first-order valence-electron chi connectivity index (χ1n) is 6.26. The van der Waals surface area contributed by atoms with Gasteiger partial charge in [-0.15, -0.1) is 11.3 Å². The van der Waals surface area contributed by atoms with E-state index in [1.807, 2.05) is 23.1 Å². The van der Waals surface area contributed by atoms with Gasteiger partial charge in [0.15, 0.2) is 0 Å². The van der Waals surface area contributed by atoms with Gasteiger partial charge in [-0.05, 0) is 24.6 Å². The van der Waals surface area contributed by atoms with Gasteiger partial charge in [-0.1, -0.05) is 27.7 Å². The van der Waals surface area contributed by atoms with Gasteiger partial charge in [-0.2, -0.15) is 11.8 Å². The minimum Gasteiger partial charge on any atom is -0.312 e. The molecule has 1 aromatic heterocycles. The van der Waals surface area contributed by atoms with Gasteiger partial charge >= 0.3 is 0 Å². The maximum atomic E-state index is 4.64. The zero-order valence-corrected chi connectivity index (χ0v) is 13.2. The molecule has 1 rings (SSSR count). The molecule has 98 valence electrons. The molecule has 0 bridgehead atoms. The van der Waals surface area contributed by atoms with E-state index in [1.165, 1.54) is 15.6 Å². The average molecular weight is 272 g/mol. The van der Waals surface area contributed by atoms with E-state index in [-0.39, 0.29) is 0 Å². The van der Waals surface area contributed by atoms with Gasteiger partial charge in [0.2, 0.25) is 0 Å². The number of hydrogen-bond donors (Lipinski definition) is 1. The first-order chi connectivity index (χ1) is 7.99. The number of thioether (sulfide) groups is 1. The summed E-state index contributed by atoms with van der Waals surface area (Å²) in [6, 6.07) is 0. The molecular weight excluding hydrogens is 248 g/mol. The molecule has 0 atom stereocenters. The van der Waals surface area contributed by atoms with Crippen molar-refractivity contribution in [1.29, 1.82) is 0 Å². The van der Waals surface area contributed by atoms with E-state index in [0.29, 0.717) is 11.2 Å². The fourth-order valence-corrected chi connectivity index (χ4v) is 3.24. The maximum Gasteiger partial charge on any atom is 0.103 e. The standard InChI is InChI=1S/C13H24N2S2/c1-9(2)6-14-7-12-11(5)15-13(17-12)8-16-10(3)4/h9-10,14H,6-8H2,1-5H3. The van der Waals surface area contributed by atoms with Gasteiger partial charge in [0.05, 0.1) is 5.69 Å². The summed E-state index contributed by atoms with van der Waals surface area (Å²) in [6.45, 7) is 13.1. The highest BCUT2D eigenvalue weighted by Gasteiger charge is 2.08. The maximum absolute atomic E-state index is 4.64. The van der Waals surface area contributed by atoms with Crippen molar-refractivity contribution < 1.29 is 0 Å². The second-order valence-corrected chi connectivity index (χ2v) is 7.73. The van der Waals surface area contributed by atoms with E-state index in [9.17, 15) is 0 Å². The lowest BCUT2D eigenvalue weighted by Gasteiger charge is -2.05. The van der Waals surface area contributed by atoms with E-state index in [4.69, 9.17) is 0 Å². The largest absolute Gasteiger partial charge is 0.312 e. The SMILES string of the molecule is Cc1nc(CSC(C)C)sc1CNCC(C)C. The van der Waals surface area contributed by atoms with Crippen LogP contribution < -0.4 is 5.32 Å². The Kier molecular flexibility index (Phi) is 6.52. The molecule has 0 fully saturated rings. The summed E-state index contributed by atoms with van der Waals surface area (Å²) < 4.78 is 0. The molecule has 1 heterocycles. The van der Waals surface area contributed by atoms with Gasteiger partial charge in [-0.3, -0.25) is 0 Å². The average Bonchev–Trinajstić information content (AvgIpc) is 2.56. The summed E-state index contributed by atoms with van der Waals surface area (Å²) in [5, 5.41) is 5.43.